The SMILES string of the molecule is CC(N)C1CCCN(CC(=O)N2c3ccccc3CC2C)C1.Cl. The fraction of sp³-hybridized carbons (Fsp3) is 0.611. The number of nitrogens with zero attached hydrogens (tertiary/aromatic N) is 2. The van der Waals surface area contributed by atoms with E-state index in [0.29, 0.717) is 12.5 Å². The number of para-hydroxylation sites is 1. The van der Waals surface area contributed by atoms with Crippen molar-refractivity contribution in [1.29, 1.82) is 0 Å². The van der Waals surface area contributed by atoms with Gasteiger partial charge in [-0.25, -0.2) is 0 Å². The minimum atomic E-state index is 0. The van der Waals surface area contributed by atoms with Crippen LogP contribution in [-0.4, -0.2) is 42.5 Å². The molecule has 5 heteroatoms. The third-order valence-corrected chi connectivity index (χ3v) is 5.12. The smallest absolute Gasteiger partial charge is 0.241 e. The Morgan fingerprint density at radius 1 is 1.39 bits per heavy atom. The van der Waals surface area contributed by atoms with Crippen molar-refractivity contribution in [3.05, 3.63) is 29.8 Å². The molecule has 23 heavy (non-hydrogen) atoms. The number of anilines is 1. The van der Waals surface area contributed by atoms with Crippen LogP contribution in [0.2, 0.25) is 0 Å². The minimum absolute atomic E-state index is 0. The van der Waals surface area contributed by atoms with Gasteiger partial charge in [0.1, 0.15) is 0 Å². The number of hydrogen-bond donors (Lipinski definition) is 1. The lowest BCUT2D eigenvalue weighted by Crippen LogP contribution is -2.48. The average molecular weight is 338 g/mol. The zero-order valence-corrected chi connectivity index (χ0v) is 14.9. The van der Waals surface area contributed by atoms with Crippen LogP contribution < -0.4 is 10.6 Å². The van der Waals surface area contributed by atoms with Crippen LogP contribution in [0.3, 0.4) is 0 Å². The largest absolute Gasteiger partial charge is 0.328 e. The quantitative estimate of drug-likeness (QED) is 0.921. The molecular formula is C18H28ClN3O. The van der Waals surface area contributed by atoms with Gasteiger partial charge in [0.05, 0.1) is 6.54 Å². The van der Waals surface area contributed by atoms with Gasteiger partial charge in [-0.2, -0.15) is 0 Å². The topological polar surface area (TPSA) is 49.6 Å². The molecule has 4 nitrogen and oxygen atoms in total. The van der Waals surface area contributed by atoms with E-state index in [1.807, 2.05) is 11.0 Å². The van der Waals surface area contributed by atoms with Gasteiger partial charge >= 0.3 is 0 Å². The van der Waals surface area contributed by atoms with Gasteiger partial charge in [-0.15, -0.1) is 12.4 Å². The fourth-order valence-electron chi connectivity index (χ4n) is 3.88. The van der Waals surface area contributed by atoms with E-state index >= 15 is 0 Å². The Kier molecular flexibility index (Phi) is 6.06. The van der Waals surface area contributed by atoms with Crippen molar-refractivity contribution in [3.8, 4) is 0 Å². The molecule has 2 heterocycles. The number of amides is 1. The predicted octanol–water partition coefficient (Wildman–Crippen LogP) is 2.45. The van der Waals surface area contributed by atoms with Gasteiger partial charge in [0, 0.05) is 24.3 Å². The van der Waals surface area contributed by atoms with Crippen molar-refractivity contribution in [2.24, 2.45) is 11.7 Å². The maximum absolute atomic E-state index is 12.8. The number of likely N-dealkylation sites (tertiary alicyclic amines) is 1. The van der Waals surface area contributed by atoms with Crippen LogP contribution in [0, 0.1) is 5.92 Å². The summed E-state index contributed by atoms with van der Waals surface area (Å²) in [7, 11) is 0. The third-order valence-electron chi connectivity index (χ3n) is 5.12. The van der Waals surface area contributed by atoms with Crippen molar-refractivity contribution in [2.75, 3.05) is 24.5 Å². The molecule has 3 rings (SSSR count). The number of carbonyl (C=O) groups is 1. The molecule has 1 amide bonds. The number of hydrogen-bond acceptors (Lipinski definition) is 3. The van der Waals surface area contributed by atoms with E-state index in [-0.39, 0.29) is 30.4 Å². The Labute approximate surface area is 145 Å². The standard InChI is InChI=1S/C18H27N3O.ClH/c1-13-10-15-6-3-4-8-17(15)21(13)18(22)12-20-9-5-7-16(11-20)14(2)19;/h3-4,6,8,13-14,16H,5,7,9-12,19H2,1-2H3;1H. The summed E-state index contributed by atoms with van der Waals surface area (Å²) in [4.78, 5) is 17.1. The van der Waals surface area contributed by atoms with Crippen molar-refractivity contribution in [1.82, 2.24) is 4.90 Å². The maximum atomic E-state index is 12.8. The number of fused-ring (bicyclic) bond motifs is 1. The minimum Gasteiger partial charge on any atom is -0.328 e. The molecule has 2 aliphatic heterocycles. The molecule has 0 bridgehead atoms. The van der Waals surface area contributed by atoms with Crippen LogP contribution in [-0.2, 0) is 11.2 Å². The summed E-state index contributed by atoms with van der Waals surface area (Å²) >= 11 is 0. The summed E-state index contributed by atoms with van der Waals surface area (Å²) in [5.74, 6) is 0.743. The summed E-state index contributed by atoms with van der Waals surface area (Å²) in [5, 5.41) is 0. The second kappa shape index (κ2) is 7.65. The van der Waals surface area contributed by atoms with E-state index in [9.17, 15) is 4.79 Å². The molecule has 128 valence electrons. The van der Waals surface area contributed by atoms with Gasteiger partial charge < -0.3 is 10.6 Å². The van der Waals surface area contributed by atoms with Gasteiger partial charge in [-0.05, 0) is 57.2 Å². The number of rotatable bonds is 3. The molecular weight excluding hydrogens is 310 g/mol. The van der Waals surface area contributed by atoms with Gasteiger partial charge in [-0.3, -0.25) is 9.69 Å². The molecule has 0 radical (unpaired) electrons. The molecule has 0 saturated carbocycles. The predicted molar refractivity (Wildman–Crippen MR) is 97.2 cm³/mol. The first-order chi connectivity index (χ1) is 10.6. The Morgan fingerprint density at radius 3 is 2.87 bits per heavy atom. The number of nitrogens with two attached hydrogens (primary N) is 1. The van der Waals surface area contributed by atoms with Crippen molar-refractivity contribution in [2.45, 2.75) is 45.2 Å². The summed E-state index contributed by atoms with van der Waals surface area (Å²) in [6, 6.07) is 8.74. The molecule has 1 aromatic carbocycles. The van der Waals surface area contributed by atoms with Crippen LogP contribution in [0.5, 0.6) is 0 Å². The summed E-state index contributed by atoms with van der Waals surface area (Å²) < 4.78 is 0. The van der Waals surface area contributed by atoms with E-state index in [0.717, 1.165) is 31.6 Å². The Bertz CT molecular complexity index is 549. The van der Waals surface area contributed by atoms with Gasteiger partial charge in [0.15, 0.2) is 0 Å². The highest BCUT2D eigenvalue weighted by atomic mass is 35.5. The summed E-state index contributed by atoms with van der Waals surface area (Å²) in [6.07, 6.45) is 3.29. The van der Waals surface area contributed by atoms with Crippen LogP contribution in [0.15, 0.2) is 24.3 Å². The van der Waals surface area contributed by atoms with Crippen LogP contribution in [0.1, 0.15) is 32.3 Å². The normalized spacial score (nSPS) is 25.6. The molecule has 1 saturated heterocycles. The number of benzene rings is 1. The number of piperidine rings is 1. The highest BCUT2D eigenvalue weighted by molar-refractivity contribution is 5.97. The highest BCUT2D eigenvalue weighted by Gasteiger charge is 2.32. The van der Waals surface area contributed by atoms with Crippen molar-refractivity contribution < 1.29 is 4.79 Å². The first-order valence-corrected chi connectivity index (χ1v) is 8.44. The van der Waals surface area contributed by atoms with E-state index in [1.54, 1.807) is 0 Å². The molecule has 2 aliphatic rings. The molecule has 1 fully saturated rings. The highest BCUT2D eigenvalue weighted by Crippen LogP contribution is 2.32. The lowest BCUT2D eigenvalue weighted by molar-refractivity contribution is -0.120. The zero-order valence-electron chi connectivity index (χ0n) is 14.1. The molecule has 0 aliphatic carbocycles. The molecule has 0 spiro atoms. The Balaban J connectivity index is 0.00000192. The van der Waals surface area contributed by atoms with Crippen molar-refractivity contribution in [3.63, 3.8) is 0 Å². The Hall–Kier alpha value is -1.10. The van der Waals surface area contributed by atoms with E-state index in [1.165, 1.54) is 12.0 Å². The van der Waals surface area contributed by atoms with E-state index in [4.69, 9.17) is 5.73 Å². The van der Waals surface area contributed by atoms with Crippen LogP contribution in [0.4, 0.5) is 5.69 Å². The van der Waals surface area contributed by atoms with Gasteiger partial charge in [-0.1, -0.05) is 18.2 Å². The molecule has 2 N–H and O–H groups in total. The van der Waals surface area contributed by atoms with Crippen LogP contribution in [0.25, 0.3) is 0 Å². The lowest BCUT2D eigenvalue weighted by atomic mass is 9.92. The van der Waals surface area contributed by atoms with Gasteiger partial charge in [0.25, 0.3) is 0 Å². The van der Waals surface area contributed by atoms with Crippen molar-refractivity contribution >= 4 is 24.0 Å². The number of halogens is 1. The summed E-state index contributed by atoms with van der Waals surface area (Å²) in [6.45, 7) is 6.70. The molecule has 0 aromatic heterocycles. The first kappa shape index (κ1) is 18.2. The number of carbonyl (C=O) groups excluding carboxylic acids is 1. The van der Waals surface area contributed by atoms with Crippen LogP contribution >= 0.6 is 12.4 Å². The van der Waals surface area contributed by atoms with E-state index < -0.39 is 0 Å². The summed E-state index contributed by atoms with van der Waals surface area (Å²) in [5.41, 5.74) is 8.43. The molecule has 1 aromatic rings. The Morgan fingerprint density at radius 2 is 2.13 bits per heavy atom. The average Bonchev–Trinajstić information content (AvgIpc) is 2.83. The third kappa shape index (κ3) is 3.87. The van der Waals surface area contributed by atoms with E-state index in [2.05, 4.69) is 36.9 Å². The fourth-order valence-corrected chi connectivity index (χ4v) is 3.88. The second-order valence-corrected chi connectivity index (χ2v) is 6.94. The first-order valence-electron chi connectivity index (χ1n) is 8.44. The molecule has 3 unspecified atom stereocenters. The monoisotopic (exact) mass is 337 g/mol. The lowest BCUT2D eigenvalue weighted by Gasteiger charge is -2.35. The second-order valence-electron chi connectivity index (χ2n) is 6.94. The van der Waals surface area contributed by atoms with Gasteiger partial charge in [0.2, 0.25) is 5.91 Å². The zero-order chi connectivity index (χ0) is 15.7. The molecule has 3 atom stereocenters. The maximum Gasteiger partial charge on any atom is 0.241 e.